The second kappa shape index (κ2) is 14.2. The summed E-state index contributed by atoms with van der Waals surface area (Å²) in [4.78, 5) is 22.8. The molecule has 1 aliphatic carbocycles. The number of amides is 1. The Bertz CT molecular complexity index is 1270. The summed E-state index contributed by atoms with van der Waals surface area (Å²) in [5.74, 6) is -1.13. The summed E-state index contributed by atoms with van der Waals surface area (Å²) in [6, 6.07) is 1.87. The van der Waals surface area contributed by atoms with E-state index in [0.29, 0.717) is 23.9 Å². The second-order valence-electron chi connectivity index (χ2n) is 10.6. The first-order valence-corrected chi connectivity index (χ1v) is 15.9. The quantitative estimate of drug-likeness (QED) is 0.288. The molecule has 226 valence electrons. The van der Waals surface area contributed by atoms with Gasteiger partial charge in [0, 0.05) is 39.2 Å². The molecule has 1 aromatic heterocycles. The van der Waals surface area contributed by atoms with Crippen molar-refractivity contribution in [1.82, 2.24) is 24.9 Å². The lowest BCUT2D eigenvalue weighted by Gasteiger charge is -2.37. The molecule has 4 rings (SSSR count). The number of aromatic nitrogens is 2. The Morgan fingerprint density at radius 3 is 2.62 bits per heavy atom. The summed E-state index contributed by atoms with van der Waals surface area (Å²) in [5.41, 5.74) is 1.21. The summed E-state index contributed by atoms with van der Waals surface area (Å²) in [6.45, 7) is 12.8. The van der Waals surface area contributed by atoms with Crippen molar-refractivity contribution < 1.29 is 24.8 Å². The highest BCUT2D eigenvalue weighted by Crippen LogP contribution is 2.32. The lowest BCUT2D eigenvalue weighted by molar-refractivity contribution is -0.123. The van der Waals surface area contributed by atoms with E-state index >= 15 is 0 Å². The fourth-order valence-corrected chi connectivity index (χ4v) is 6.28. The van der Waals surface area contributed by atoms with Crippen molar-refractivity contribution in [3.05, 3.63) is 54.1 Å². The second-order valence-corrected chi connectivity index (χ2v) is 12.4. The van der Waals surface area contributed by atoms with E-state index in [1.54, 1.807) is 6.92 Å². The number of piperidine rings is 1. The SMILES string of the molecule is C=C(C[C@H](NS(=O)(=O)CCC1CC1)C(=O)N[C@@H](C)c1ncc(-c2ccc(F)cc2F)[nH]1)N1CCCC[C@@H]1C.CC.[HH].[HH]. The number of carbonyl (C=O) groups excluding carboxylic acids is 1. The monoisotopic (exact) mass is 583 g/mol. The predicted octanol–water partition coefficient (Wildman–Crippen LogP) is 5.92. The normalized spacial score (nSPS) is 18.9. The van der Waals surface area contributed by atoms with Crippen LogP contribution in [0.5, 0.6) is 0 Å². The van der Waals surface area contributed by atoms with Crippen LogP contribution in [0.2, 0.25) is 0 Å². The maximum Gasteiger partial charge on any atom is 0.239 e. The zero-order valence-electron chi connectivity index (χ0n) is 24.0. The highest BCUT2D eigenvalue weighted by molar-refractivity contribution is 7.89. The Balaban J connectivity index is 0.00000216. The van der Waals surface area contributed by atoms with Crippen molar-refractivity contribution >= 4 is 15.9 Å². The first-order valence-electron chi connectivity index (χ1n) is 14.3. The van der Waals surface area contributed by atoms with Crippen LogP contribution in [0.25, 0.3) is 11.3 Å². The molecule has 11 heteroatoms. The number of H-pyrrole nitrogens is 1. The van der Waals surface area contributed by atoms with Crippen molar-refractivity contribution in [2.75, 3.05) is 12.3 Å². The van der Waals surface area contributed by atoms with Gasteiger partial charge in [0.2, 0.25) is 15.9 Å². The zero-order chi connectivity index (χ0) is 29.4. The van der Waals surface area contributed by atoms with E-state index < -0.39 is 39.6 Å². The Morgan fingerprint density at radius 1 is 1.25 bits per heavy atom. The molecule has 3 atom stereocenters. The topological polar surface area (TPSA) is 107 Å². The van der Waals surface area contributed by atoms with Crippen molar-refractivity contribution in [3.63, 3.8) is 0 Å². The number of imidazole rings is 1. The summed E-state index contributed by atoms with van der Waals surface area (Å²) in [5, 5.41) is 2.83. The van der Waals surface area contributed by atoms with Gasteiger partial charge in [-0.15, -0.1) is 0 Å². The Kier molecular flexibility index (Phi) is 11.3. The number of nitrogens with one attached hydrogen (secondary N) is 3. The lowest BCUT2D eigenvalue weighted by Crippen LogP contribution is -2.49. The number of halogens is 2. The smallest absolute Gasteiger partial charge is 0.239 e. The van der Waals surface area contributed by atoms with Crippen LogP contribution in [0, 0.1) is 17.6 Å². The summed E-state index contributed by atoms with van der Waals surface area (Å²) in [7, 11) is -3.68. The predicted molar refractivity (Wildman–Crippen MR) is 158 cm³/mol. The average molecular weight is 584 g/mol. The highest BCUT2D eigenvalue weighted by Gasteiger charge is 2.31. The van der Waals surface area contributed by atoms with Gasteiger partial charge in [0.05, 0.1) is 23.7 Å². The molecule has 1 saturated carbocycles. The largest absolute Gasteiger partial charge is 0.373 e. The number of benzene rings is 1. The molecular weight excluding hydrogens is 536 g/mol. The number of hydrogen-bond donors (Lipinski definition) is 3. The number of carbonyl (C=O) groups is 1. The summed E-state index contributed by atoms with van der Waals surface area (Å²) < 4.78 is 55.8. The van der Waals surface area contributed by atoms with Crippen LogP contribution in [0.15, 0.2) is 36.7 Å². The summed E-state index contributed by atoms with van der Waals surface area (Å²) in [6.07, 6.45) is 7.42. The Morgan fingerprint density at radius 2 is 1.98 bits per heavy atom. The third-order valence-corrected chi connectivity index (χ3v) is 8.78. The van der Waals surface area contributed by atoms with E-state index in [4.69, 9.17) is 0 Å². The Hall–Kier alpha value is -2.79. The van der Waals surface area contributed by atoms with Gasteiger partial charge in [-0.05, 0) is 57.6 Å². The number of sulfonamides is 1. The van der Waals surface area contributed by atoms with E-state index in [1.807, 2.05) is 13.8 Å². The van der Waals surface area contributed by atoms with E-state index in [0.717, 1.165) is 56.5 Å². The molecule has 1 aromatic carbocycles. The number of hydrogen-bond acceptors (Lipinski definition) is 5. The minimum absolute atomic E-state index is 0. The van der Waals surface area contributed by atoms with Gasteiger partial charge in [0.25, 0.3) is 0 Å². The first kappa shape index (κ1) is 31.7. The van der Waals surface area contributed by atoms with Crippen molar-refractivity contribution in [2.45, 2.75) is 90.8 Å². The van der Waals surface area contributed by atoms with Gasteiger partial charge in [-0.3, -0.25) is 4.79 Å². The van der Waals surface area contributed by atoms with Gasteiger partial charge in [-0.2, -0.15) is 0 Å². The third-order valence-electron chi connectivity index (χ3n) is 7.36. The van der Waals surface area contributed by atoms with Gasteiger partial charge in [-0.1, -0.05) is 33.3 Å². The summed E-state index contributed by atoms with van der Waals surface area (Å²) >= 11 is 0. The molecule has 8 nitrogen and oxygen atoms in total. The first-order chi connectivity index (χ1) is 19.0. The van der Waals surface area contributed by atoms with E-state index in [1.165, 1.54) is 12.3 Å². The van der Waals surface area contributed by atoms with Gasteiger partial charge in [0.1, 0.15) is 23.5 Å². The van der Waals surface area contributed by atoms with Crippen LogP contribution < -0.4 is 10.0 Å². The molecule has 1 saturated heterocycles. The van der Waals surface area contributed by atoms with Gasteiger partial charge in [0.15, 0.2) is 0 Å². The maximum absolute atomic E-state index is 14.2. The molecule has 2 aliphatic rings. The van der Waals surface area contributed by atoms with E-state index in [-0.39, 0.29) is 26.6 Å². The van der Waals surface area contributed by atoms with E-state index in [9.17, 15) is 22.0 Å². The van der Waals surface area contributed by atoms with Gasteiger partial charge >= 0.3 is 0 Å². The van der Waals surface area contributed by atoms with Crippen LogP contribution in [0.3, 0.4) is 0 Å². The molecule has 2 aromatic rings. The standard InChI is InChI=1S/C27H37F2N5O3S.C2H6.2H2/c1-17-6-4-5-12-34(17)18(2)14-24(33-38(36,37)13-11-20-7-8-20)27(35)31-19(3)26-30-16-25(32-26)22-10-9-21(28)15-23(22)29;1-2;;/h9-10,15-17,19-20,24,33H,2,4-8,11-14H2,1,3H3,(H,30,32)(H,31,35);1-2H3;2*1H/t17-,19-,24-;;;/m0.../s1. The average Bonchev–Trinajstić information content (AvgIpc) is 3.62. The highest BCUT2D eigenvalue weighted by atomic mass is 32.2. The maximum atomic E-state index is 14.2. The van der Waals surface area contributed by atoms with Gasteiger partial charge in [-0.25, -0.2) is 26.9 Å². The Labute approximate surface area is 240 Å². The fraction of sp³-hybridized carbons (Fsp3) is 0.586. The minimum atomic E-state index is -3.68. The molecule has 0 radical (unpaired) electrons. The van der Waals surface area contributed by atoms with Crippen LogP contribution in [-0.4, -0.2) is 53.6 Å². The van der Waals surface area contributed by atoms with Crippen molar-refractivity contribution in [1.29, 1.82) is 0 Å². The molecule has 0 spiro atoms. The van der Waals surface area contributed by atoms with Crippen LogP contribution in [-0.2, 0) is 14.8 Å². The van der Waals surface area contributed by atoms with Crippen molar-refractivity contribution in [2.24, 2.45) is 5.92 Å². The molecule has 0 unspecified atom stereocenters. The molecular formula is C29H47F2N5O3S. The zero-order valence-corrected chi connectivity index (χ0v) is 24.8. The minimum Gasteiger partial charge on any atom is -0.373 e. The number of rotatable bonds is 12. The number of aromatic amines is 1. The van der Waals surface area contributed by atoms with Crippen LogP contribution in [0.1, 0.15) is 87.4 Å². The van der Waals surface area contributed by atoms with E-state index in [2.05, 4.69) is 38.4 Å². The molecule has 1 aliphatic heterocycles. The number of nitrogens with zero attached hydrogens (tertiary/aromatic N) is 2. The number of likely N-dealkylation sites (tertiary alicyclic amines) is 1. The molecule has 40 heavy (non-hydrogen) atoms. The van der Waals surface area contributed by atoms with Crippen LogP contribution in [0.4, 0.5) is 8.78 Å². The molecule has 3 N–H and O–H groups in total. The molecule has 2 fully saturated rings. The van der Waals surface area contributed by atoms with Crippen molar-refractivity contribution in [3.8, 4) is 11.3 Å². The molecule has 1 amide bonds. The fourth-order valence-electron chi connectivity index (χ4n) is 4.90. The lowest BCUT2D eigenvalue weighted by atomic mass is 10.0. The third kappa shape index (κ3) is 8.86. The molecule has 2 heterocycles. The van der Waals surface area contributed by atoms with Gasteiger partial charge < -0.3 is 15.2 Å². The molecule has 0 bridgehead atoms. The van der Waals surface area contributed by atoms with Crippen LogP contribution >= 0.6 is 0 Å².